The van der Waals surface area contributed by atoms with Crippen LogP contribution in [0.3, 0.4) is 0 Å². The zero-order valence-electron chi connectivity index (χ0n) is 17.7. The van der Waals surface area contributed by atoms with Gasteiger partial charge in [0.25, 0.3) is 5.91 Å². The summed E-state index contributed by atoms with van der Waals surface area (Å²) in [5, 5.41) is 3.02. The average Bonchev–Trinajstić information content (AvgIpc) is 3.27. The summed E-state index contributed by atoms with van der Waals surface area (Å²) in [6.07, 6.45) is 5.33. The first-order valence-corrected chi connectivity index (χ1v) is 11.2. The SMILES string of the molecule is CN1C[C@H]2CCN(c3ccc(NC(=O)c4ccc(COC5CCC5)cc4)cc3)[C@H]2C1. The van der Waals surface area contributed by atoms with E-state index in [0.717, 1.165) is 30.3 Å². The number of nitrogens with one attached hydrogen (secondary N) is 1. The molecule has 2 atom stereocenters. The third kappa shape index (κ3) is 4.09. The second kappa shape index (κ2) is 8.40. The van der Waals surface area contributed by atoms with E-state index in [1.54, 1.807) is 0 Å². The third-order valence-electron chi connectivity index (χ3n) is 6.94. The maximum absolute atomic E-state index is 12.6. The predicted octanol–water partition coefficient (Wildman–Crippen LogP) is 4.15. The van der Waals surface area contributed by atoms with Crippen LogP contribution in [0.5, 0.6) is 0 Å². The minimum absolute atomic E-state index is 0.0761. The van der Waals surface area contributed by atoms with Crippen LogP contribution in [-0.4, -0.2) is 49.6 Å². The second-order valence-electron chi connectivity index (χ2n) is 9.09. The van der Waals surface area contributed by atoms with E-state index in [1.165, 1.54) is 37.9 Å². The van der Waals surface area contributed by atoms with Crippen molar-refractivity contribution in [1.29, 1.82) is 0 Å². The summed E-state index contributed by atoms with van der Waals surface area (Å²) < 4.78 is 5.84. The molecule has 3 fully saturated rings. The van der Waals surface area contributed by atoms with Gasteiger partial charge in [0.1, 0.15) is 0 Å². The molecule has 2 saturated heterocycles. The monoisotopic (exact) mass is 405 g/mol. The number of amides is 1. The Labute approximate surface area is 179 Å². The Balaban J connectivity index is 1.17. The lowest BCUT2D eigenvalue weighted by molar-refractivity contribution is -0.00866. The third-order valence-corrected chi connectivity index (χ3v) is 6.94. The number of anilines is 2. The van der Waals surface area contributed by atoms with E-state index in [2.05, 4.69) is 34.3 Å². The highest BCUT2D eigenvalue weighted by molar-refractivity contribution is 6.04. The van der Waals surface area contributed by atoms with Crippen molar-refractivity contribution in [3.05, 3.63) is 59.7 Å². The molecular formula is C25H31N3O2. The van der Waals surface area contributed by atoms with Gasteiger partial charge in [-0.15, -0.1) is 0 Å². The highest BCUT2D eigenvalue weighted by Crippen LogP contribution is 2.34. The first-order chi connectivity index (χ1) is 14.7. The molecule has 0 bridgehead atoms. The number of carbonyl (C=O) groups is 1. The van der Waals surface area contributed by atoms with Gasteiger partial charge in [0, 0.05) is 42.6 Å². The number of ether oxygens (including phenoxy) is 1. The Hall–Kier alpha value is -2.37. The zero-order chi connectivity index (χ0) is 20.5. The molecule has 30 heavy (non-hydrogen) atoms. The summed E-state index contributed by atoms with van der Waals surface area (Å²) in [6, 6.07) is 16.7. The molecule has 158 valence electrons. The summed E-state index contributed by atoms with van der Waals surface area (Å²) in [5.41, 5.74) is 3.87. The van der Waals surface area contributed by atoms with Crippen LogP contribution in [-0.2, 0) is 11.3 Å². The zero-order valence-corrected chi connectivity index (χ0v) is 17.7. The topological polar surface area (TPSA) is 44.8 Å². The lowest BCUT2D eigenvalue weighted by Gasteiger charge is -2.26. The standard InChI is InChI=1S/C25H31N3O2/c1-27-15-20-13-14-28(24(20)16-27)22-11-9-21(10-12-22)26-25(29)19-7-5-18(6-8-19)17-30-23-3-2-4-23/h5-12,20,23-24H,2-4,13-17H2,1H3,(H,26,29)/t20-,24+/m1/s1. The minimum atomic E-state index is -0.0761. The summed E-state index contributed by atoms with van der Waals surface area (Å²) in [7, 11) is 2.21. The van der Waals surface area contributed by atoms with Gasteiger partial charge >= 0.3 is 0 Å². The molecule has 0 spiro atoms. The first kappa shape index (κ1) is 19.6. The minimum Gasteiger partial charge on any atom is -0.374 e. The van der Waals surface area contributed by atoms with E-state index in [1.807, 2.05) is 36.4 Å². The van der Waals surface area contributed by atoms with Crippen molar-refractivity contribution in [3.8, 4) is 0 Å². The Morgan fingerprint density at radius 3 is 2.50 bits per heavy atom. The number of likely N-dealkylation sites (tertiary alicyclic amines) is 1. The van der Waals surface area contributed by atoms with E-state index < -0.39 is 0 Å². The van der Waals surface area contributed by atoms with Crippen molar-refractivity contribution in [2.45, 2.75) is 44.4 Å². The summed E-state index contributed by atoms with van der Waals surface area (Å²) in [6.45, 7) is 4.11. The van der Waals surface area contributed by atoms with Crippen LogP contribution in [0.15, 0.2) is 48.5 Å². The number of likely N-dealkylation sites (N-methyl/N-ethyl adjacent to an activating group) is 1. The normalized spacial score (nSPS) is 24.0. The van der Waals surface area contributed by atoms with Crippen LogP contribution in [0.1, 0.15) is 41.6 Å². The van der Waals surface area contributed by atoms with Gasteiger partial charge in [-0.25, -0.2) is 0 Å². The van der Waals surface area contributed by atoms with Gasteiger partial charge in [0.15, 0.2) is 0 Å². The fourth-order valence-electron chi connectivity index (χ4n) is 4.94. The maximum atomic E-state index is 12.6. The summed E-state index contributed by atoms with van der Waals surface area (Å²) in [4.78, 5) is 17.6. The molecule has 2 aliphatic heterocycles. The molecule has 3 aliphatic rings. The van der Waals surface area contributed by atoms with E-state index in [0.29, 0.717) is 24.3 Å². The molecule has 1 N–H and O–H groups in total. The fraction of sp³-hybridized carbons (Fsp3) is 0.480. The first-order valence-electron chi connectivity index (χ1n) is 11.2. The van der Waals surface area contributed by atoms with Gasteiger partial charge in [-0.1, -0.05) is 12.1 Å². The lowest BCUT2D eigenvalue weighted by atomic mass is 9.96. The van der Waals surface area contributed by atoms with Crippen LogP contribution in [0, 0.1) is 5.92 Å². The number of hydrogen-bond acceptors (Lipinski definition) is 4. The van der Waals surface area contributed by atoms with Gasteiger partial charge in [-0.05, 0) is 80.6 Å². The molecule has 0 radical (unpaired) electrons. The Morgan fingerprint density at radius 1 is 1.03 bits per heavy atom. The van der Waals surface area contributed by atoms with Crippen LogP contribution < -0.4 is 10.2 Å². The van der Waals surface area contributed by atoms with Crippen molar-refractivity contribution in [3.63, 3.8) is 0 Å². The van der Waals surface area contributed by atoms with E-state index in [9.17, 15) is 4.79 Å². The predicted molar refractivity (Wildman–Crippen MR) is 120 cm³/mol. The largest absolute Gasteiger partial charge is 0.374 e. The number of carbonyl (C=O) groups excluding carboxylic acids is 1. The van der Waals surface area contributed by atoms with Gasteiger partial charge in [0.2, 0.25) is 0 Å². The molecule has 5 rings (SSSR count). The fourth-order valence-corrected chi connectivity index (χ4v) is 4.94. The molecule has 5 heteroatoms. The number of fused-ring (bicyclic) bond motifs is 1. The summed E-state index contributed by atoms with van der Waals surface area (Å²) >= 11 is 0. The maximum Gasteiger partial charge on any atom is 0.255 e. The highest BCUT2D eigenvalue weighted by atomic mass is 16.5. The molecule has 2 aromatic rings. The number of hydrogen-bond donors (Lipinski definition) is 1. The average molecular weight is 406 g/mol. The van der Waals surface area contributed by atoms with E-state index in [-0.39, 0.29) is 5.91 Å². The quantitative estimate of drug-likeness (QED) is 0.784. The van der Waals surface area contributed by atoms with Gasteiger partial charge in [-0.3, -0.25) is 4.79 Å². The molecular weight excluding hydrogens is 374 g/mol. The van der Waals surface area contributed by atoms with Crippen molar-refractivity contribution in [2.75, 3.05) is 36.9 Å². The molecule has 1 saturated carbocycles. The van der Waals surface area contributed by atoms with Crippen LogP contribution in [0.4, 0.5) is 11.4 Å². The van der Waals surface area contributed by atoms with Gasteiger partial charge < -0.3 is 19.9 Å². The van der Waals surface area contributed by atoms with Crippen molar-refractivity contribution >= 4 is 17.3 Å². The second-order valence-corrected chi connectivity index (χ2v) is 9.09. The van der Waals surface area contributed by atoms with Crippen molar-refractivity contribution < 1.29 is 9.53 Å². The molecule has 0 unspecified atom stereocenters. The van der Waals surface area contributed by atoms with Gasteiger partial charge in [0.05, 0.1) is 12.7 Å². The van der Waals surface area contributed by atoms with Crippen LogP contribution >= 0.6 is 0 Å². The van der Waals surface area contributed by atoms with Crippen LogP contribution in [0.25, 0.3) is 0 Å². The molecule has 5 nitrogen and oxygen atoms in total. The lowest BCUT2D eigenvalue weighted by Crippen LogP contribution is -2.34. The number of benzene rings is 2. The summed E-state index contributed by atoms with van der Waals surface area (Å²) in [5.74, 6) is 0.712. The Kier molecular flexibility index (Phi) is 5.48. The smallest absolute Gasteiger partial charge is 0.255 e. The Bertz CT molecular complexity index is 876. The molecule has 0 aromatic heterocycles. The molecule has 2 heterocycles. The van der Waals surface area contributed by atoms with E-state index >= 15 is 0 Å². The van der Waals surface area contributed by atoms with Gasteiger partial charge in [-0.2, -0.15) is 0 Å². The van der Waals surface area contributed by atoms with E-state index in [4.69, 9.17) is 4.74 Å². The number of rotatable bonds is 6. The number of nitrogens with zero attached hydrogens (tertiary/aromatic N) is 2. The highest BCUT2D eigenvalue weighted by Gasteiger charge is 2.39. The molecule has 2 aromatic carbocycles. The molecule has 1 amide bonds. The Morgan fingerprint density at radius 2 is 1.80 bits per heavy atom. The van der Waals surface area contributed by atoms with Crippen LogP contribution in [0.2, 0.25) is 0 Å². The molecule has 1 aliphatic carbocycles. The van der Waals surface area contributed by atoms with Crippen molar-refractivity contribution in [1.82, 2.24) is 4.90 Å². The van der Waals surface area contributed by atoms with Crippen molar-refractivity contribution in [2.24, 2.45) is 5.92 Å².